The highest BCUT2D eigenvalue weighted by Crippen LogP contribution is 2.39. The first-order valence-electron chi connectivity index (χ1n) is 16.0. The second-order valence-electron chi connectivity index (χ2n) is 12.5. The third-order valence-corrected chi connectivity index (χ3v) is 7.84. The minimum absolute atomic E-state index is 0.124. The molecule has 0 unspecified atom stereocenters. The molecule has 5 heteroatoms. The fourth-order valence-corrected chi connectivity index (χ4v) is 5.79. The van der Waals surface area contributed by atoms with Crippen LogP contribution in [0.3, 0.4) is 0 Å². The molecule has 2 aromatic heterocycles. The van der Waals surface area contributed by atoms with E-state index in [4.69, 9.17) is 4.98 Å². The van der Waals surface area contributed by atoms with E-state index in [0.717, 1.165) is 74.9 Å². The number of alkyl halides is 1. The highest BCUT2D eigenvalue weighted by atomic mass is 19.1. The Bertz CT molecular complexity index is 1400. The molecule has 2 N–H and O–H groups in total. The summed E-state index contributed by atoms with van der Waals surface area (Å²) >= 11 is 0. The van der Waals surface area contributed by atoms with Gasteiger partial charge in [-0.2, -0.15) is 0 Å². The monoisotopic (exact) mass is 584 g/mol. The van der Waals surface area contributed by atoms with Gasteiger partial charge in [0.25, 0.3) is 0 Å². The zero-order chi connectivity index (χ0) is 31.2. The molecular formula is C38H53FN4. The first-order chi connectivity index (χ1) is 20.8. The van der Waals surface area contributed by atoms with Crippen LogP contribution in [-0.4, -0.2) is 22.8 Å². The molecule has 4 nitrogen and oxygen atoms in total. The number of hydrogen-bond acceptors (Lipinski definition) is 3. The molecule has 0 saturated heterocycles. The number of benzene rings is 1. The molecule has 1 aromatic carbocycles. The van der Waals surface area contributed by atoms with Crippen LogP contribution in [0.5, 0.6) is 0 Å². The minimum atomic E-state index is -0.478. The van der Waals surface area contributed by atoms with Crippen molar-refractivity contribution in [3.63, 3.8) is 0 Å². The van der Waals surface area contributed by atoms with Gasteiger partial charge in [0.05, 0.1) is 5.69 Å². The topological polar surface area (TPSA) is 41.9 Å². The van der Waals surface area contributed by atoms with Crippen molar-refractivity contribution in [1.82, 2.24) is 20.4 Å². The van der Waals surface area contributed by atoms with Crippen LogP contribution >= 0.6 is 0 Å². The van der Waals surface area contributed by atoms with E-state index in [0.29, 0.717) is 6.42 Å². The maximum absolute atomic E-state index is 14.1. The number of pyridine rings is 1. The number of unbranched alkanes of at least 4 members (excludes halogenated alkanes) is 3. The summed E-state index contributed by atoms with van der Waals surface area (Å²) in [7, 11) is 0. The summed E-state index contributed by atoms with van der Waals surface area (Å²) in [6, 6.07) is 11.1. The first kappa shape index (κ1) is 34.1. The largest absolute Gasteiger partial charge is 0.340 e. The fraction of sp³-hybridized carbons (Fsp3) is 0.447. The van der Waals surface area contributed by atoms with Gasteiger partial charge in [0.1, 0.15) is 6.67 Å². The maximum Gasteiger partial charge on any atom is 0.114 e. The number of rotatable bonds is 18. The van der Waals surface area contributed by atoms with Crippen molar-refractivity contribution in [3.8, 4) is 11.3 Å². The Labute approximate surface area is 259 Å². The van der Waals surface area contributed by atoms with Crippen molar-refractivity contribution >= 4 is 10.9 Å². The predicted molar refractivity (Wildman–Crippen MR) is 184 cm³/mol. The molecule has 0 fully saturated rings. The Morgan fingerprint density at radius 1 is 1.05 bits per heavy atom. The average Bonchev–Trinajstić information content (AvgIpc) is 3.30. The molecule has 0 bridgehead atoms. The predicted octanol–water partition coefficient (Wildman–Crippen LogP) is 9.61. The van der Waals surface area contributed by atoms with Crippen LogP contribution in [0.15, 0.2) is 85.3 Å². The van der Waals surface area contributed by atoms with E-state index in [-0.39, 0.29) is 5.41 Å². The van der Waals surface area contributed by atoms with Crippen molar-refractivity contribution in [2.45, 2.75) is 92.5 Å². The minimum Gasteiger partial charge on any atom is -0.340 e. The smallest absolute Gasteiger partial charge is 0.114 e. The van der Waals surface area contributed by atoms with Crippen LogP contribution in [0.25, 0.3) is 22.2 Å². The molecule has 43 heavy (non-hydrogen) atoms. The summed E-state index contributed by atoms with van der Waals surface area (Å²) in [5.41, 5.74) is 15.4. The molecule has 232 valence electrons. The van der Waals surface area contributed by atoms with E-state index in [9.17, 15) is 4.39 Å². The van der Waals surface area contributed by atoms with Gasteiger partial charge in [0.2, 0.25) is 0 Å². The molecule has 2 heterocycles. The van der Waals surface area contributed by atoms with Gasteiger partial charge in [-0.3, -0.25) is 4.98 Å². The van der Waals surface area contributed by atoms with Gasteiger partial charge in [-0.15, -0.1) is 0 Å². The lowest BCUT2D eigenvalue weighted by atomic mass is 9.85. The Morgan fingerprint density at radius 2 is 1.84 bits per heavy atom. The van der Waals surface area contributed by atoms with Gasteiger partial charge in [0, 0.05) is 47.6 Å². The SMILES string of the molecule is C=CNNCCCCCC/C(C=C)=C/C(=C\Cc1ccc2c(c1)c(CC(C)(C)C)c(-c1cccnc1CC)n2CC)CF. The molecule has 3 aromatic rings. The van der Waals surface area contributed by atoms with Gasteiger partial charge in [-0.05, 0) is 97.4 Å². The zero-order valence-corrected chi connectivity index (χ0v) is 27.2. The Kier molecular flexibility index (Phi) is 13.5. The van der Waals surface area contributed by atoms with E-state index < -0.39 is 6.67 Å². The van der Waals surface area contributed by atoms with Crippen LogP contribution in [-0.2, 0) is 25.8 Å². The third kappa shape index (κ3) is 9.79. The number of aromatic nitrogens is 2. The number of aryl methyl sites for hydroxylation is 2. The third-order valence-electron chi connectivity index (χ3n) is 7.84. The zero-order valence-electron chi connectivity index (χ0n) is 27.2. The molecule has 0 spiro atoms. The van der Waals surface area contributed by atoms with Crippen molar-refractivity contribution in [2.24, 2.45) is 5.41 Å². The number of nitrogens with zero attached hydrogens (tertiary/aromatic N) is 2. The molecular weight excluding hydrogens is 531 g/mol. The summed E-state index contributed by atoms with van der Waals surface area (Å²) in [4.78, 5) is 4.73. The summed E-state index contributed by atoms with van der Waals surface area (Å²) in [5.74, 6) is 0. The maximum atomic E-state index is 14.1. The van der Waals surface area contributed by atoms with Crippen LogP contribution in [0.4, 0.5) is 4.39 Å². The fourth-order valence-electron chi connectivity index (χ4n) is 5.79. The number of allylic oxidation sites excluding steroid dienone is 5. The summed E-state index contributed by atoms with van der Waals surface area (Å²) in [6.07, 6.45) is 17.4. The van der Waals surface area contributed by atoms with E-state index in [1.54, 1.807) is 6.20 Å². The van der Waals surface area contributed by atoms with Crippen LogP contribution in [0, 0.1) is 5.41 Å². The van der Waals surface area contributed by atoms with Crippen molar-refractivity contribution in [1.29, 1.82) is 0 Å². The molecule has 0 aliphatic heterocycles. The van der Waals surface area contributed by atoms with Crippen molar-refractivity contribution < 1.29 is 4.39 Å². The lowest BCUT2D eigenvalue weighted by Gasteiger charge is -2.20. The van der Waals surface area contributed by atoms with Gasteiger partial charge in [0.15, 0.2) is 0 Å². The quantitative estimate of drug-likeness (QED) is 0.0889. The lowest BCUT2D eigenvalue weighted by molar-refractivity contribution is 0.412. The molecule has 0 amide bonds. The Morgan fingerprint density at radius 3 is 2.51 bits per heavy atom. The van der Waals surface area contributed by atoms with E-state index >= 15 is 0 Å². The first-order valence-corrected chi connectivity index (χ1v) is 16.0. The normalized spacial score (nSPS) is 12.6. The number of nitrogens with one attached hydrogen (secondary N) is 2. The molecule has 0 aliphatic carbocycles. The second kappa shape index (κ2) is 17.0. The lowest BCUT2D eigenvalue weighted by Crippen LogP contribution is -2.27. The summed E-state index contributed by atoms with van der Waals surface area (Å²) in [5, 5.41) is 1.29. The van der Waals surface area contributed by atoms with Crippen LogP contribution < -0.4 is 10.9 Å². The van der Waals surface area contributed by atoms with E-state index in [1.165, 1.54) is 33.3 Å². The van der Waals surface area contributed by atoms with Gasteiger partial charge in [-0.25, -0.2) is 9.82 Å². The van der Waals surface area contributed by atoms with Gasteiger partial charge >= 0.3 is 0 Å². The average molecular weight is 585 g/mol. The number of hydrazine groups is 1. The van der Waals surface area contributed by atoms with E-state index in [1.807, 2.05) is 30.5 Å². The highest BCUT2D eigenvalue weighted by molar-refractivity contribution is 5.93. The Balaban J connectivity index is 1.87. The number of halogens is 1. The highest BCUT2D eigenvalue weighted by Gasteiger charge is 2.24. The van der Waals surface area contributed by atoms with Crippen molar-refractivity contribution in [2.75, 3.05) is 13.2 Å². The van der Waals surface area contributed by atoms with Gasteiger partial charge in [-0.1, -0.05) is 78.0 Å². The van der Waals surface area contributed by atoms with Crippen LogP contribution in [0.1, 0.15) is 83.5 Å². The van der Waals surface area contributed by atoms with Gasteiger partial charge < -0.3 is 9.99 Å². The standard InChI is InChI=1S/C38H53FN4/c1-8-29(17-14-12-13-15-24-42-41-10-3)25-31(28-39)20-19-30-21-22-36-33(26-30)34(27-38(5,6)7)37(43(36)11-4)32-18-16-23-40-35(32)9-2/h8,10,16,18,20-23,25-26,41-42H,1,3,9,11-15,17,19,24,27-28H2,2,4-7H3/b29-25+,31-20+. The van der Waals surface area contributed by atoms with E-state index in [2.05, 4.69) is 87.5 Å². The van der Waals surface area contributed by atoms with Crippen LogP contribution in [0.2, 0.25) is 0 Å². The molecule has 3 rings (SSSR count). The molecule has 0 aliphatic rings. The molecule has 0 atom stereocenters. The second-order valence-corrected chi connectivity index (χ2v) is 12.5. The molecule has 0 radical (unpaired) electrons. The van der Waals surface area contributed by atoms with Crippen molar-refractivity contribution in [3.05, 3.63) is 102 Å². The Hall–Kier alpha value is -3.44. The number of fused-ring (bicyclic) bond motifs is 1. The summed E-state index contributed by atoms with van der Waals surface area (Å²) in [6.45, 7) is 20.3. The molecule has 0 saturated carbocycles. The summed E-state index contributed by atoms with van der Waals surface area (Å²) < 4.78 is 16.6. The number of hydrogen-bond donors (Lipinski definition) is 2.